The lowest BCUT2D eigenvalue weighted by Crippen LogP contribution is -2.18. The molecule has 0 amide bonds. The van der Waals surface area contributed by atoms with E-state index in [9.17, 15) is 0 Å². The maximum Gasteiger partial charge on any atom is 0.0697 e. The standard InChI is InChI=1S/C6H14NO2/c1-6(7)2-4-9-5-3-8/h6,8H,1-5,7H2. The first kappa shape index (κ1) is 8.88. The average Bonchev–Trinajstić information content (AvgIpc) is 1.80. The number of ether oxygens (including phenoxy) is 1. The van der Waals surface area contributed by atoms with Crippen molar-refractivity contribution in [2.24, 2.45) is 5.73 Å². The normalized spacial score (nSPS) is 13.7. The maximum atomic E-state index is 8.26. The van der Waals surface area contributed by atoms with Crippen LogP contribution in [0.1, 0.15) is 6.42 Å². The highest BCUT2D eigenvalue weighted by Gasteiger charge is 1.92. The summed E-state index contributed by atoms with van der Waals surface area (Å²) in [5.74, 6) is 0. The van der Waals surface area contributed by atoms with Crippen molar-refractivity contribution in [3.63, 3.8) is 0 Å². The predicted octanol–water partition coefficient (Wildman–Crippen LogP) is -0.453. The van der Waals surface area contributed by atoms with Crippen molar-refractivity contribution < 1.29 is 9.84 Å². The van der Waals surface area contributed by atoms with Gasteiger partial charge >= 0.3 is 0 Å². The fourth-order valence-electron chi connectivity index (χ4n) is 0.401. The molecular formula is C6H14NO2. The van der Waals surface area contributed by atoms with Crippen LogP contribution >= 0.6 is 0 Å². The Kier molecular flexibility index (Phi) is 5.93. The van der Waals surface area contributed by atoms with E-state index in [1.54, 1.807) is 0 Å². The zero-order valence-electron chi connectivity index (χ0n) is 5.55. The summed E-state index contributed by atoms with van der Waals surface area (Å²) in [5, 5.41) is 8.26. The highest BCUT2D eigenvalue weighted by Crippen LogP contribution is 1.85. The van der Waals surface area contributed by atoms with Gasteiger partial charge in [0.1, 0.15) is 0 Å². The van der Waals surface area contributed by atoms with Crippen molar-refractivity contribution in [3.8, 4) is 0 Å². The second kappa shape index (κ2) is 6.01. The average molecular weight is 132 g/mol. The summed E-state index contributed by atoms with van der Waals surface area (Å²) >= 11 is 0. The van der Waals surface area contributed by atoms with Gasteiger partial charge in [0.05, 0.1) is 13.2 Å². The van der Waals surface area contributed by atoms with E-state index in [0.717, 1.165) is 6.42 Å². The van der Waals surface area contributed by atoms with Crippen molar-refractivity contribution in [1.82, 2.24) is 0 Å². The first-order chi connectivity index (χ1) is 4.27. The molecule has 0 bridgehead atoms. The van der Waals surface area contributed by atoms with Crippen molar-refractivity contribution in [1.29, 1.82) is 0 Å². The van der Waals surface area contributed by atoms with Crippen LogP contribution in [-0.4, -0.2) is 31.0 Å². The third-order valence-electron chi connectivity index (χ3n) is 0.869. The van der Waals surface area contributed by atoms with E-state index in [-0.39, 0.29) is 12.6 Å². The second-order valence-electron chi connectivity index (χ2n) is 1.88. The van der Waals surface area contributed by atoms with Crippen LogP contribution in [0.4, 0.5) is 0 Å². The highest BCUT2D eigenvalue weighted by molar-refractivity contribution is 4.60. The summed E-state index contributed by atoms with van der Waals surface area (Å²) in [4.78, 5) is 0. The van der Waals surface area contributed by atoms with Crippen LogP contribution in [0.15, 0.2) is 0 Å². The molecule has 0 aliphatic carbocycles. The molecule has 0 rings (SSSR count). The molecule has 1 unspecified atom stereocenters. The first-order valence-electron chi connectivity index (χ1n) is 3.04. The van der Waals surface area contributed by atoms with Gasteiger partial charge in [0.25, 0.3) is 0 Å². The number of aliphatic hydroxyl groups excluding tert-OH is 1. The monoisotopic (exact) mass is 132 g/mol. The van der Waals surface area contributed by atoms with Crippen molar-refractivity contribution >= 4 is 0 Å². The van der Waals surface area contributed by atoms with Gasteiger partial charge in [0, 0.05) is 12.6 Å². The predicted molar refractivity (Wildman–Crippen MR) is 35.9 cm³/mol. The topological polar surface area (TPSA) is 55.5 Å². The minimum Gasteiger partial charge on any atom is -0.394 e. The summed E-state index contributed by atoms with van der Waals surface area (Å²) in [6.07, 6.45) is 0.750. The molecule has 55 valence electrons. The zero-order valence-corrected chi connectivity index (χ0v) is 5.55. The molecule has 0 aliphatic heterocycles. The Morgan fingerprint density at radius 3 is 2.67 bits per heavy atom. The van der Waals surface area contributed by atoms with Crippen LogP contribution in [0.5, 0.6) is 0 Å². The number of hydrogen-bond acceptors (Lipinski definition) is 3. The van der Waals surface area contributed by atoms with Gasteiger partial charge in [-0.25, -0.2) is 0 Å². The van der Waals surface area contributed by atoms with Gasteiger partial charge < -0.3 is 15.6 Å². The van der Waals surface area contributed by atoms with Crippen LogP contribution in [0, 0.1) is 6.92 Å². The van der Waals surface area contributed by atoms with Crippen LogP contribution in [0.3, 0.4) is 0 Å². The fourth-order valence-corrected chi connectivity index (χ4v) is 0.401. The van der Waals surface area contributed by atoms with E-state index in [0.29, 0.717) is 13.2 Å². The molecule has 0 heterocycles. The van der Waals surface area contributed by atoms with E-state index in [1.165, 1.54) is 0 Å². The summed E-state index contributed by atoms with van der Waals surface area (Å²) in [7, 11) is 0. The van der Waals surface area contributed by atoms with Crippen LogP contribution in [0.25, 0.3) is 0 Å². The molecule has 3 N–H and O–H groups in total. The largest absolute Gasteiger partial charge is 0.394 e. The minimum atomic E-state index is -0.0521. The van der Waals surface area contributed by atoms with E-state index in [1.807, 2.05) is 0 Å². The molecule has 0 aromatic heterocycles. The number of hydrogen-bond donors (Lipinski definition) is 2. The van der Waals surface area contributed by atoms with E-state index in [4.69, 9.17) is 15.6 Å². The maximum absolute atomic E-state index is 8.26. The SMILES string of the molecule is [CH2]C(N)CCOCCO. The second-order valence-corrected chi connectivity index (χ2v) is 1.88. The van der Waals surface area contributed by atoms with Crippen molar-refractivity contribution in [2.75, 3.05) is 19.8 Å². The van der Waals surface area contributed by atoms with E-state index < -0.39 is 0 Å². The van der Waals surface area contributed by atoms with Crippen LogP contribution in [-0.2, 0) is 4.74 Å². The number of nitrogens with two attached hydrogens (primary N) is 1. The summed E-state index contributed by atoms with van der Waals surface area (Å²) in [5.41, 5.74) is 5.32. The third kappa shape index (κ3) is 7.88. The smallest absolute Gasteiger partial charge is 0.0697 e. The molecule has 0 spiro atoms. The molecule has 0 aromatic carbocycles. The Morgan fingerprint density at radius 2 is 2.22 bits per heavy atom. The molecule has 3 nitrogen and oxygen atoms in total. The van der Waals surface area contributed by atoms with Crippen LogP contribution < -0.4 is 5.73 Å². The first-order valence-corrected chi connectivity index (χ1v) is 3.04. The van der Waals surface area contributed by atoms with Gasteiger partial charge in [0.2, 0.25) is 0 Å². The van der Waals surface area contributed by atoms with Gasteiger partial charge in [-0.2, -0.15) is 0 Å². The quantitative estimate of drug-likeness (QED) is 0.498. The van der Waals surface area contributed by atoms with E-state index in [2.05, 4.69) is 6.92 Å². The molecule has 0 saturated carbocycles. The Hall–Kier alpha value is -0.120. The Labute approximate surface area is 55.8 Å². The minimum absolute atomic E-state index is 0.0521. The lowest BCUT2D eigenvalue weighted by atomic mass is 10.3. The lowest BCUT2D eigenvalue weighted by molar-refractivity contribution is 0.0894. The molecule has 0 saturated heterocycles. The fraction of sp³-hybridized carbons (Fsp3) is 0.833. The molecule has 1 radical (unpaired) electrons. The molecule has 3 heteroatoms. The molecule has 0 aliphatic rings. The van der Waals surface area contributed by atoms with Crippen molar-refractivity contribution in [3.05, 3.63) is 6.92 Å². The molecule has 9 heavy (non-hydrogen) atoms. The Bertz CT molecular complexity index is 57.0. The Morgan fingerprint density at radius 1 is 1.56 bits per heavy atom. The van der Waals surface area contributed by atoms with Gasteiger partial charge in [-0.1, -0.05) is 0 Å². The van der Waals surface area contributed by atoms with Gasteiger partial charge in [0.15, 0.2) is 0 Å². The molecule has 0 fully saturated rings. The lowest BCUT2D eigenvalue weighted by Gasteiger charge is -2.03. The zero-order chi connectivity index (χ0) is 7.11. The molecule has 0 aromatic rings. The van der Waals surface area contributed by atoms with Gasteiger partial charge in [-0.15, -0.1) is 0 Å². The van der Waals surface area contributed by atoms with Crippen molar-refractivity contribution in [2.45, 2.75) is 12.5 Å². The van der Waals surface area contributed by atoms with Crippen LogP contribution in [0.2, 0.25) is 0 Å². The number of aliphatic hydroxyl groups is 1. The summed E-state index contributed by atoms with van der Waals surface area (Å²) < 4.78 is 4.92. The number of rotatable bonds is 5. The third-order valence-corrected chi connectivity index (χ3v) is 0.869. The highest BCUT2D eigenvalue weighted by atomic mass is 16.5. The molecule has 1 atom stereocenters. The van der Waals surface area contributed by atoms with Gasteiger partial charge in [-0.3, -0.25) is 0 Å². The molecular weight excluding hydrogens is 118 g/mol. The summed E-state index contributed by atoms with van der Waals surface area (Å²) in [6, 6.07) is -0.0521. The van der Waals surface area contributed by atoms with E-state index >= 15 is 0 Å². The van der Waals surface area contributed by atoms with Gasteiger partial charge in [-0.05, 0) is 13.3 Å². The summed E-state index contributed by atoms with van der Waals surface area (Å²) in [6.45, 7) is 4.63. The Balaban J connectivity index is 2.75.